The molecule has 1 aromatic carbocycles. The van der Waals surface area contributed by atoms with E-state index in [0.717, 1.165) is 30.2 Å². The molecule has 0 fully saturated rings. The number of anilines is 1. The lowest BCUT2D eigenvalue weighted by atomic mass is 10.4. The van der Waals surface area contributed by atoms with E-state index in [0.29, 0.717) is 5.02 Å². The Bertz CT molecular complexity index is 1310. The van der Waals surface area contributed by atoms with Crippen molar-refractivity contribution in [3.8, 4) is 6.07 Å². The van der Waals surface area contributed by atoms with Crippen molar-refractivity contribution in [2.45, 2.75) is 33.1 Å². The molecule has 2 rings (SSSR count). The summed E-state index contributed by atoms with van der Waals surface area (Å²) < 4.78 is 56.5. The fraction of sp³-hybridized carbons (Fsp3) is 0.278. The largest absolute Gasteiger partial charge is 0.465 e. The molecule has 32 heavy (non-hydrogen) atoms. The van der Waals surface area contributed by atoms with E-state index in [4.69, 9.17) is 16.3 Å². The normalized spacial score (nSPS) is 12.5. The van der Waals surface area contributed by atoms with Crippen molar-refractivity contribution in [3.63, 3.8) is 0 Å². The van der Waals surface area contributed by atoms with Gasteiger partial charge in [0.2, 0.25) is 9.84 Å². The lowest BCUT2D eigenvalue weighted by Gasteiger charge is -2.11. The molecule has 0 bridgehead atoms. The van der Waals surface area contributed by atoms with Gasteiger partial charge >= 0.3 is 5.97 Å². The predicted molar refractivity (Wildman–Crippen MR) is 125 cm³/mol. The number of methoxy groups -OCH3 is 1. The number of carbonyl (C=O) groups excluding carboxylic acids is 1. The Kier molecular flexibility index (Phi) is 8.35. The van der Waals surface area contributed by atoms with E-state index in [-0.39, 0.29) is 24.6 Å². The number of thioether (sulfide) groups is 1. The molecule has 1 N–H and O–H groups in total. The minimum absolute atomic E-state index is 0.124. The minimum atomic E-state index is -4.34. The topological polar surface area (TPSA) is 143 Å². The Morgan fingerprint density at radius 2 is 1.84 bits per heavy atom. The second kappa shape index (κ2) is 10.2. The highest BCUT2D eigenvalue weighted by Gasteiger charge is 2.34. The zero-order valence-electron chi connectivity index (χ0n) is 17.2. The van der Waals surface area contributed by atoms with E-state index >= 15 is 0 Å². The van der Waals surface area contributed by atoms with E-state index < -0.39 is 35.9 Å². The number of halogens is 1. The Hall–Kier alpha value is -2.11. The maximum Gasteiger partial charge on any atom is 0.350 e. The van der Waals surface area contributed by atoms with Crippen LogP contribution in [0.15, 0.2) is 43.4 Å². The first-order valence-corrected chi connectivity index (χ1v) is 14.1. The van der Waals surface area contributed by atoms with Gasteiger partial charge in [-0.3, -0.25) is 5.43 Å². The highest BCUT2D eigenvalue weighted by atomic mass is 35.5. The number of nitriles is 1. The van der Waals surface area contributed by atoms with Crippen molar-refractivity contribution in [3.05, 3.63) is 34.2 Å². The third-order valence-corrected chi connectivity index (χ3v) is 10.6. The number of nitrogens with zero attached hydrogens (tertiary/aromatic N) is 2. The Morgan fingerprint density at radius 1 is 1.25 bits per heavy atom. The maximum atomic E-state index is 13.0. The molecule has 0 spiro atoms. The molecule has 0 aliphatic rings. The molecule has 172 valence electrons. The summed E-state index contributed by atoms with van der Waals surface area (Å²) in [5.41, 5.74) is 2.08. The van der Waals surface area contributed by atoms with Gasteiger partial charge in [0, 0.05) is 5.02 Å². The number of benzene rings is 1. The van der Waals surface area contributed by atoms with Crippen LogP contribution >= 0.6 is 34.7 Å². The van der Waals surface area contributed by atoms with Crippen molar-refractivity contribution in [2.75, 3.05) is 18.8 Å². The molecule has 0 aliphatic heterocycles. The van der Waals surface area contributed by atoms with Crippen molar-refractivity contribution < 1.29 is 26.4 Å². The van der Waals surface area contributed by atoms with Crippen LogP contribution in [-0.2, 0) is 24.4 Å². The Labute approximate surface area is 199 Å². The monoisotopic (exact) mass is 535 g/mol. The highest BCUT2D eigenvalue weighted by molar-refractivity contribution is 8.07. The molecule has 1 heterocycles. The van der Waals surface area contributed by atoms with Gasteiger partial charge in [0.1, 0.15) is 21.5 Å². The standard InChI is InChI=1S/C18H18ClN3O6S4/c1-10(2)31(24,25)16-14(15(17(23)28-3)30-18(16)29-4)22-21-13(9-20)32(26,27)12-7-5-11(19)6-8-12/h5-8,10,22H,1-4H3/b21-13+. The van der Waals surface area contributed by atoms with Crippen LogP contribution in [0.1, 0.15) is 23.5 Å². The molecular formula is C18H18ClN3O6S4. The molecule has 0 unspecified atom stereocenters. The van der Waals surface area contributed by atoms with Gasteiger partial charge in [-0.1, -0.05) is 11.6 Å². The van der Waals surface area contributed by atoms with E-state index in [1.165, 1.54) is 44.2 Å². The quantitative estimate of drug-likeness (QED) is 0.184. The number of rotatable bonds is 7. The fourth-order valence-corrected chi connectivity index (χ4v) is 7.41. The summed E-state index contributed by atoms with van der Waals surface area (Å²) in [5, 5.41) is 11.6. The SMILES string of the molecule is COC(=O)c1sc(SC)c(S(=O)(=O)C(C)C)c1N/N=C(\C#N)S(=O)(=O)c1ccc(Cl)cc1. The number of sulfone groups is 2. The van der Waals surface area contributed by atoms with Crippen molar-refractivity contribution in [1.82, 2.24) is 0 Å². The Balaban J connectivity index is 2.70. The first kappa shape index (κ1) is 26.1. The van der Waals surface area contributed by atoms with Gasteiger partial charge in [-0.2, -0.15) is 10.4 Å². The van der Waals surface area contributed by atoms with E-state index in [1.54, 1.807) is 6.26 Å². The molecule has 0 saturated carbocycles. The number of ether oxygens (including phenoxy) is 1. The number of carbonyl (C=O) groups is 1. The number of hydrogen-bond acceptors (Lipinski definition) is 11. The van der Waals surface area contributed by atoms with Crippen LogP contribution in [0.3, 0.4) is 0 Å². The zero-order valence-corrected chi connectivity index (χ0v) is 21.3. The van der Waals surface area contributed by atoms with Crippen LogP contribution in [0.2, 0.25) is 5.02 Å². The Morgan fingerprint density at radius 3 is 2.31 bits per heavy atom. The lowest BCUT2D eigenvalue weighted by molar-refractivity contribution is 0.0607. The molecule has 0 saturated heterocycles. The van der Waals surface area contributed by atoms with Gasteiger partial charge < -0.3 is 4.74 Å². The second-order valence-electron chi connectivity index (χ2n) is 6.31. The van der Waals surface area contributed by atoms with E-state index in [1.807, 2.05) is 0 Å². The summed E-state index contributed by atoms with van der Waals surface area (Å²) in [5.74, 6) is -0.840. The average molecular weight is 536 g/mol. The number of thiophene rings is 1. The molecule has 2 aromatic rings. The van der Waals surface area contributed by atoms with E-state index in [2.05, 4.69) is 10.5 Å². The molecule has 0 aliphatic carbocycles. The smallest absolute Gasteiger partial charge is 0.350 e. The average Bonchev–Trinajstić information content (AvgIpc) is 3.13. The molecule has 0 radical (unpaired) electrons. The van der Waals surface area contributed by atoms with Crippen LogP contribution < -0.4 is 5.43 Å². The lowest BCUT2D eigenvalue weighted by Crippen LogP contribution is -2.18. The third kappa shape index (κ3) is 5.10. The van der Waals surface area contributed by atoms with Crippen molar-refractivity contribution in [2.24, 2.45) is 5.10 Å². The summed E-state index contributed by atoms with van der Waals surface area (Å²) in [6, 6.07) is 6.57. The molecule has 9 nitrogen and oxygen atoms in total. The summed E-state index contributed by atoms with van der Waals surface area (Å²) in [6.45, 7) is 2.93. The van der Waals surface area contributed by atoms with Gasteiger partial charge in [0.15, 0.2) is 9.84 Å². The third-order valence-electron chi connectivity index (χ3n) is 4.04. The number of hydrazone groups is 1. The predicted octanol–water partition coefficient (Wildman–Crippen LogP) is 3.81. The minimum Gasteiger partial charge on any atom is -0.465 e. The fourth-order valence-electron chi connectivity index (χ4n) is 2.34. The first-order chi connectivity index (χ1) is 14.9. The van der Waals surface area contributed by atoms with Crippen molar-refractivity contribution in [1.29, 1.82) is 5.26 Å². The van der Waals surface area contributed by atoms with Crippen LogP contribution in [0.25, 0.3) is 0 Å². The highest BCUT2D eigenvalue weighted by Crippen LogP contribution is 2.43. The summed E-state index contributed by atoms with van der Waals surface area (Å²) in [7, 11) is -7.13. The zero-order chi connectivity index (χ0) is 24.3. The number of nitrogens with one attached hydrogen (secondary N) is 1. The van der Waals surface area contributed by atoms with Gasteiger partial charge in [0.25, 0.3) is 5.04 Å². The van der Waals surface area contributed by atoms with E-state index in [9.17, 15) is 26.9 Å². The molecule has 0 amide bonds. The molecular weight excluding hydrogens is 518 g/mol. The van der Waals surface area contributed by atoms with Gasteiger partial charge in [-0.15, -0.1) is 23.1 Å². The van der Waals surface area contributed by atoms with Crippen LogP contribution in [-0.4, -0.2) is 46.5 Å². The van der Waals surface area contributed by atoms with Crippen LogP contribution in [0.5, 0.6) is 0 Å². The first-order valence-electron chi connectivity index (χ1n) is 8.69. The van der Waals surface area contributed by atoms with Crippen LogP contribution in [0, 0.1) is 11.3 Å². The number of hydrogen-bond donors (Lipinski definition) is 1. The summed E-state index contributed by atoms with van der Waals surface area (Å²) >= 11 is 7.73. The summed E-state index contributed by atoms with van der Waals surface area (Å²) in [6.07, 6.45) is 1.63. The molecule has 0 atom stereocenters. The van der Waals surface area contributed by atoms with Crippen LogP contribution in [0.4, 0.5) is 5.69 Å². The van der Waals surface area contributed by atoms with Crippen molar-refractivity contribution >= 4 is 71.1 Å². The molecule has 14 heteroatoms. The van der Waals surface area contributed by atoms with Gasteiger partial charge in [-0.05, 0) is 44.4 Å². The second-order valence-corrected chi connectivity index (χ2v) is 13.1. The van der Waals surface area contributed by atoms with Gasteiger partial charge in [-0.25, -0.2) is 21.6 Å². The molecule has 1 aromatic heterocycles. The maximum absolute atomic E-state index is 13.0. The summed E-state index contributed by atoms with van der Waals surface area (Å²) in [4.78, 5) is 11.7. The van der Waals surface area contributed by atoms with Gasteiger partial charge in [0.05, 0.1) is 21.5 Å². The number of esters is 1.